The van der Waals surface area contributed by atoms with E-state index in [2.05, 4.69) is 15.3 Å². The van der Waals surface area contributed by atoms with E-state index in [1.54, 1.807) is 24.3 Å². The highest BCUT2D eigenvalue weighted by atomic mass is 35.5. The molecule has 3 aromatic rings. The Kier molecular flexibility index (Phi) is 5.72. The maximum Gasteiger partial charge on any atom is 0.307 e. The monoisotopic (exact) mass is 405 g/mol. The summed E-state index contributed by atoms with van der Waals surface area (Å²) in [6, 6.07) is 8.09. The molecule has 5 nitrogen and oxygen atoms in total. The standard InChI is InChI=1S/C19H17ClFN3O2S/c1-3-12-10(2)22-19(15-6-7-16(21)27-15)24-18(12)23-14-5-4-11(8-13(14)20)9-17(25)26/h4-8H,3,9H2,1-2H3,(H,25,26)(H,22,23,24). The fraction of sp³-hybridized carbons (Fsp3) is 0.211. The van der Waals surface area contributed by atoms with Crippen LogP contribution < -0.4 is 5.32 Å². The molecule has 1 aromatic carbocycles. The number of hydrogen-bond donors (Lipinski definition) is 2. The van der Waals surface area contributed by atoms with Gasteiger partial charge in [0, 0.05) is 11.3 Å². The predicted octanol–water partition coefficient (Wildman–Crippen LogP) is 5.24. The van der Waals surface area contributed by atoms with Crippen LogP contribution in [0, 0.1) is 12.1 Å². The van der Waals surface area contributed by atoms with Crippen molar-refractivity contribution < 1.29 is 14.3 Å². The van der Waals surface area contributed by atoms with Crippen LogP contribution in [0.3, 0.4) is 0 Å². The molecule has 140 valence electrons. The topological polar surface area (TPSA) is 75.1 Å². The van der Waals surface area contributed by atoms with Gasteiger partial charge in [-0.05, 0) is 43.2 Å². The van der Waals surface area contributed by atoms with Gasteiger partial charge in [-0.15, -0.1) is 11.3 Å². The second-order valence-electron chi connectivity index (χ2n) is 5.93. The van der Waals surface area contributed by atoms with Crippen molar-refractivity contribution in [3.8, 4) is 10.7 Å². The highest BCUT2D eigenvalue weighted by Gasteiger charge is 2.15. The van der Waals surface area contributed by atoms with Crippen molar-refractivity contribution in [2.24, 2.45) is 0 Å². The van der Waals surface area contributed by atoms with E-state index in [4.69, 9.17) is 16.7 Å². The summed E-state index contributed by atoms with van der Waals surface area (Å²) in [5.74, 6) is 0.126. The van der Waals surface area contributed by atoms with Gasteiger partial charge in [0.2, 0.25) is 0 Å². The van der Waals surface area contributed by atoms with Crippen LogP contribution in [0.5, 0.6) is 0 Å². The van der Waals surface area contributed by atoms with Crippen LogP contribution in [0.25, 0.3) is 10.7 Å². The summed E-state index contributed by atoms with van der Waals surface area (Å²) in [5.41, 5.74) is 2.96. The number of thiophene rings is 1. The van der Waals surface area contributed by atoms with E-state index in [0.717, 1.165) is 22.6 Å². The fourth-order valence-electron chi connectivity index (χ4n) is 2.74. The lowest BCUT2D eigenvalue weighted by atomic mass is 10.1. The van der Waals surface area contributed by atoms with E-state index in [9.17, 15) is 9.18 Å². The number of aryl methyl sites for hydroxylation is 1. The van der Waals surface area contributed by atoms with Gasteiger partial charge in [0.25, 0.3) is 0 Å². The molecule has 8 heteroatoms. The smallest absolute Gasteiger partial charge is 0.307 e. The van der Waals surface area contributed by atoms with Crippen molar-refractivity contribution in [3.63, 3.8) is 0 Å². The first-order valence-corrected chi connectivity index (χ1v) is 9.47. The number of aliphatic carboxylic acids is 1. The van der Waals surface area contributed by atoms with Gasteiger partial charge >= 0.3 is 5.97 Å². The number of hydrogen-bond acceptors (Lipinski definition) is 5. The first-order chi connectivity index (χ1) is 12.9. The summed E-state index contributed by atoms with van der Waals surface area (Å²) < 4.78 is 13.4. The minimum Gasteiger partial charge on any atom is -0.481 e. The SMILES string of the molecule is CCc1c(C)nc(-c2ccc(F)s2)nc1Nc1ccc(CC(=O)O)cc1Cl. The molecule has 3 rings (SSSR count). The predicted molar refractivity (Wildman–Crippen MR) is 105 cm³/mol. The molecule has 0 bridgehead atoms. The number of halogens is 2. The van der Waals surface area contributed by atoms with Crippen LogP contribution in [0.1, 0.15) is 23.7 Å². The highest BCUT2D eigenvalue weighted by Crippen LogP contribution is 2.31. The highest BCUT2D eigenvalue weighted by molar-refractivity contribution is 7.13. The van der Waals surface area contributed by atoms with E-state index in [1.807, 2.05) is 13.8 Å². The lowest BCUT2D eigenvalue weighted by Gasteiger charge is -2.15. The van der Waals surface area contributed by atoms with Gasteiger partial charge in [-0.1, -0.05) is 24.6 Å². The Morgan fingerprint density at radius 3 is 2.67 bits per heavy atom. The number of anilines is 2. The summed E-state index contributed by atoms with van der Waals surface area (Å²) in [6.07, 6.45) is 0.614. The first kappa shape index (κ1) is 19.3. The minimum atomic E-state index is -0.917. The molecule has 27 heavy (non-hydrogen) atoms. The molecule has 2 heterocycles. The van der Waals surface area contributed by atoms with Gasteiger partial charge in [-0.25, -0.2) is 9.97 Å². The Balaban J connectivity index is 1.98. The molecule has 0 amide bonds. The molecule has 0 aliphatic rings. The Morgan fingerprint density at radius 1 is 1.30 bits per heavy atom. The second kappa shape index (κ2) is 8.02. The van der Waals surface area contributed by atoms with Crippen molar-refractivity contribution in [2.75, 3.05) is 5.32 Å². The van der Waals surface area contributed by atoms with Gasteiger partial charge in [0.1, 0.15) is 5.82 Å². The van der Waals surface area contributed by atoms with Gasteiger partial charge < -0.3 is 10.4 Å². The van der Waals surface area contributed by atoms with E-state index in [0.29, 0.717) is 39.2 Å². The van der Waals surface area contributed by atoms with Gasteiger partial charge in [-0.2, -0.15) is 4.39 Å². The third-order valence-corrected chi connectivity index (χ3v) is 5.19. The van der Waals surface area contributed by atoms with Crippen LogP contribution in [-0.2, 0) is 17.6 Å². The number of carboxylic acids is 1. The van der Waals surface area contributed by atoms with E-state index < -0.39 is 5.97 Å². The van der Waals surface area contributed by atoms with Crippen LogP contribution >= 0.6 is 22.9 Å². The second-order valence-corrected chi connectivity index (χ2v) is 7.37. The third kappa shape index (κ3) is 4.43. The summed E-state index contributed by atoms with van der Waals surface area (Å²) in [6.45, 7) is 3.88. The number of aromatic nitrogens is 2. The Labute approximate surface area is 164 Å². The lowest BCUT2D eigenvalue weighted by molar-refractivity contribution is -0.136. The van der Waals surface area contributed by atoms with Crippen LogP contribution in [0.2, 0.25) is 5.02 Å². The number of nitrogens with one attached hydrogen (secondary N) is 1. The van der Waals surface area contributed by atoms with E-state index in [1.165, 1.54) is 6.07 Å². The molecule has 0 radical (unpaired) electrons. The molecule has 0 unspecified atom stereocenters. The van der Waals surface area contributed by atoms with Crippen LogP contribution in [-0.4, -0.2) is 21.0 Å². The lowest BCUT2D eigenvalue weighted by Crippen LogP contribution is -2.06. The summed E-state index contributed by atoms with van der Waals surface area (Å²) in [4.78, 5) is 20.5. The molecule has 0 saturated carbocycles. The Hall–Kier alpha value is -2.51. The number of nitrogens with zero attached hydrogens (tertiary/aromatic N) is 2. The van der Waals surface area contributed by atoms with Crippen molar-refractivity contribution in [1.82, 2.24) is 9.97 Å². The number of carboxylic acid groups (broad SMARTS) is 1. The molecule has 0 saturated heterocycles. The van der Waals surface area contributed by atoms with Gasteiger partial charge in [0.05, 0.1) is 22.0 Å². The zero-order valence-corrected chi connectivity index (χ0v) is 16.3. The minimum absolute atomic E-state index is 0.0963. The van der Waals surface area contributed by atoms with Crippen molar-refractivity contribution in [2.45, 2.75) is 26.7 Å². The zero-order chi connectivity index (χ0) is 19.6. The first-order valence-electron chi connectivity index (χ1n) is 8.27. The molecular weight excluding hydrogens is 389 g/mol. The zero-order valence-electron chi connectivity index (χ0n) is 14.7. The Morgan fingerprint density at radius 2 is 2.07 bits per heavy atom. The third-order valence-electron chi connectivity index (χ3n) is 4.00. The van der Waals surface area contributed by atoms with Crippen LogP contribution in [0.15, 0.2) is 30.3 Å². The van der Waals surface area contributed by atoms with Crippen LogP contribution in [0.4, 0.5) is 15.9 Å². The number of rotatable bonds is 6. The fourth-order valence-corrected chi connectivity index (χ4v) is 3.65. The largest absolute Gasteiger partial charge is 0.481 e. The average molecular weight is 406 g/mol. The molecule has 2 N–H and O–H groups in total. The summed E-state index contributed by atoms with van der Waals surface area (Å²) in [5, 5.41) is 12.2. The van der Waals surface area contributed by atoms with E-state index in [-0.39, 0.29) is 11.6 Å². The normalized spacial score (nSPS) is 10.8. The molecule has 0 spiro atoms. The summed E-state index contributed by atoms with van der Waals surface area (Å²) >= 11 is 7.30. The van der Waals surface area contributed by atoms with E-state index >= 15 is 0 Å². The molecule has 0 fully saturated rings. The molecule has 0 aliphatic carbocycles. The van der Waals surface area contributed by atoms with Gasteiger partial charge in [-0.3, -0.25) is 4.79 Å². The maximum atomic E-state index is 13.4. The Bertz CT molecular complexity index is 1010. The average Bonchev–Trinajstić information content (AvgIpc) is 3.03. The van der Waals surface area contributed by atoms with Crippen molar-refractivity contribution in [3.05, 3.63) is 57.3 Å². The molecular formula is C19H17ClFN3O2S. The quantitative estimate of drug-likeness (QED) is 0.586. The van der Waals surface area contributed by atoms with Gasteiger partial charge in [0.15, 0.2) is 11.0 Å². The number of benzene rings is 1. The maximum absolute atomic E-state index is 13.4. The molecule has 2 aromatic heterocycles. The van der Waals surface area contributed by atoms with Crippen molar-refractivity contribution >= 4 is 40.4 Å². The molecule has 0 atom stereocenters. The van der Waals surface area contributed by atoms with Crippen molar-refractivity contribution in [1.29, 1.82) is 0 Å². The molecule has 0 aliphatic heterocycles. The summed E-state index contributed by atoms with van der Waals surface area (Å²) in [7, 11) is 0. The number of carbonyl (C=O) groups is 1.